The average Bonchev–Trinajstić information content (AvgIpc) is 2.80. The average molecular weight is 506 g/mol. The molecule has 3 rings (SSSR count). The van der Waals surface area contributed by atoms with Crippen LogP contribution in [0.3, 0.4) is 0 Å². The predicted octanol–water partition coefficient (Wildman–Crippen LogP) is 5.38. The van der Waals surface area contributed by atoms with Crippen LogP contribution in [-0.4, -0.2) is 45.6 Å². The van der Waals surface area contributed by atoms with Crippen molar-refractivity contribution in [3.05, 3.63) is 72.3 Å². The monoisotopic (exact) mass is 505 g/mol. The minimum atomic E-state index is -1.08. The highest BCUT2D eigenvalue weighted by Gasteiger charge is 2.36. The second-order valence-corrected chi connectivity index (χ2v) is 10.3. The van der Waals surface area contributed by atoms with E-state index in [9.17, 15) is 19.5 Å². The van der Waals surface area contributed by atoms with Crippen LogP contribution in [0.15, 0.2) is 66.7 Å². The molecule has 0 aromatic heterocycles. The number of nitrogens with one attached hydrogen (secondary N) is 2. The number of fused-ring (bicyclic) bond motifs is 1. The van der Waals surface area contributed by atoms with Gasteiger partial charge in [-0.15, -0.1) is 0 Å². The Morgan fingerprint density at radius 3 is 2.19 bits per heavy atom. The number of anilines is 1. The number of amides is 3. The van der Waals surface area contributed by atoms with Gasteiger partial charge in [0.2, 0.25) is 5.91 Å². The quantitative estimate of drug-likeness (QED) is 0.400. The molecule has 0 aliphatic heterocycles. The number of phenols is 1. The summed E-state index contributed by atoms with van der Waals surface area (Å²) >= 11 is 0. The van der Waals surface area contributed by atoms with E-state index in [-0.39, 0.29) is 5.75 Å². The lowest BCUT2D eigenvalue weighted by Crippen LogP contribution is -2.53. The molecule has 0 aliphatic rings. The summed E-state index contributed by atoms with van der Waals surface area (Å²) in [6.45, 7) is 10.3. The maximum Gasteiger partial charge on any atom is 0.408 e. The van der Waals surface area contributed by atoms with Gasteiger partial charge in [0.25, 0.3) is 5.91 Å². The van der Waals surface area contributed by atoms with E-state index < -0.39 is 41.6 Å². The Balaban J connectivity index is 1.94. The zero-order chi connectivity index (χ0) is 27.3. The largest absolute Gasteiger partial charge is 0.508 e. The summed E-state index contributed by atoms with van der Waals surface area (Å²) in [6.07, 6.45) is -0.730. The van der Waals surface area contributed by atoms with E-state index in [4.69, 9.17) is 4.74 Å². The Kier molecular flexibility index (Phi) is 8.42. The van der Waals surface area contributed by atoms with Crippen LogP contribution in [0, 0.1) is 0 Å². The zero-order valence-corrected chi connectivity index (χ0v) is 22.1. The summed E-state index contributed by atoms with van der Waals surface area (Å²) in [4.78, 5) is 41.1. The number of phenolic OH excluding ortho intramolecular Hbond substituents is 1. The summed E-state index contributed by atoms with van der Waals surface area (Å²) in [5, 5.41) is 17.6. The number of rotatable bonds is 7. The molecule has 0 heterocycles. The zero-order valence-electron chi connectivity index (χ0n) is 22.1. The number of carbonyl (C=O) groups excluding carboxylic acids is 3. The third-order valence-corrected chi connectivity index (χ3v) is 5.64. The molecule has 0 spiro atoms. The molecule has 3 N–H and O–H groups in total. The van der Waals surface area contributed by atoms with Crippen LogP contribution in [0.5, 0.6) is 5.75 Å². The summed E-state index contributed by atoms with van der Waals surface area (Å²) in [6, 6.07) is 17.2. The number of carbonyl (C=O) groups is 3. The second kappa shape index (κ2) is 11.3. The molecule has 3 aromatic carbocycles. The molecule has 8 nitrogen and oxygen atoms in total. The lowest BCUT2D eigenvalue weighted by molar-refractivity contribution is -0.142. The van der Waals surface area contributed by atoms with Crippen molar-refractivity contribution in [3.63, 3.8) is 0 Å². The smallest absolute Gasteiger partial charge is 0.408 e. The Labute approximate surface area is 217 Å². The van der Waals surface area contributed by atoms with Gasteiger partial charge in [-0.25, -0.2) is 4.79 Å². The van der Waals surface area contributed by atoms with Gasteiger partial charge in [-0.3, -0.25) is 9.59 Å². The van der Waals surface area contributed by atoms with E-state index in [2.05, 4.69) is 10.6 Å². The van der Waals surface area contributed by atoms with Crippen LogP contribution in [-0.2, 0) is 14.3 Å². The number of hydrogen-bond acceptors (Lipinski definition) is 5. The summed E-state index contributed by atoms with van der Waals surface area (Å²) in [5.41, 5.74) is 0.281. The molecule has 37 heavy (non-hydrogen) atoms. The van der Waals surface area contributed by atoms with Crippen LogP contribution >= 0.6 is 0 Å². The van der Waals surface area contributed by atoms with Crippen LogP contribution in [0.2, 0.25) is 0 Å². The molecule has 0 bridgehead atoms. The van der Waals surface area contributed by atoms with Crippen LogP contribution in [0.4, 0.5) is 10.5 Å². The highest BCUT2D eigenvalue weighted by Crippen LogP contribution is 2.29. The highest BCUT2D eigenvalue weighted by molar-refractivity contribution is 6.00. The van der Waals surface area contributed by atoms with E-state index in [0.29, 0.717) is 11.3 Å². The number of nitrogens with zero attached hydrogens (tertiary/aromatic N) is 1. The van der Waals surface area contributed by atoms with Gasteiger partial charge < -0.3 is 25.4 Å². The van der Waals surface area contributed by atoms with Crippen molar-refractivity contribution in [1.82, 2.24) is 10.2 Å². The molecule has 0 aliphatic carbocycles. The van der Waals surface area contributed by atoms with E-state index in [1.54, 1.807) is 59.7 Å². The Bertz CT molecular complexity index is 1280. The Morgan fingerprint density at radius 1 is 0.892 bits per heavy atom. The molecule has 0 fully saturated rings. The van der Waals surface area contributed by atoms with Crippen molar-refractivity contribution >= 4 is 34.4 Å². The lowest BCUT2D eigenvalue weighted by atomic mass is 10.0. The van der Waals surface area contributed by atoms with Gasteiger partial charge in [-0.2, -0.15) is 0 Å². The van der Waals surface area contributed by atoms with Crippen LogP contribution < -0.4 is 10.6 Å². The minimum absolute atomic E-state index is 0.0305. The molecule has 0 saturated heterocycles. The first-order chi connectivity index (χ1) is 17.4. The van der Waals surface area contributed by atoms with Gasteiger partial charge in [-0.1, -0.05) is 42.5 Å². The highest BCUT2D eigenvalue weighted by atomic mass is 16.6. The maximum absolute atomic E-state index is 13.7. The van der Waals surface area contributed by atoms with Crippen LogP contribution in [0.1, 0.15) is 53.1 Å². The fourth-order valence-electron chi connectivity index (χ4n) is 4.06. The first kappa shape index (κ1) is 27.5. The van der Waals surface area contributed by atoms with Gasteiger partial charge in [0.1, 0.15) is 23.4 Å². The molecule has 8 heteroatoms. The SMILES string of the molecule is CC(NC(=O)OC(C)(C)C)C(=O)N(C(C)C)C(C(=O)Nc1ccc2ccccc2c1)c1cccc(O)c1. The summed E-state index contributed by atoms with van der Waals surface area (Å²) < 4.78 is 5.29. The molecule has 3 amide bonds. The van der Waals surface area contributed by atoms with E-state index in [1.807, 2.05) is 36.4 Å². The van der Waals surface area contributed by atoms with Gasteiger partial charge in [-0.05, 0) is 82.1 Å². The normalized spacial score (nSPS) is 13.1. The fraction of sp³-hybridized carbons (Fsp3) is 0.345. The van der Waals surface area contributed by atoms with Crippen molar-refractivity contribution < 1.29 is 24.2 Å². The van der Waals surface area contributed by atoms with Crippen molar-refractivity contribution in [3.8, 4) is 5.75 Å². The van der Waals surface area contributed by atoms with E-state index in [0.717, 1.165) is 10.8 Å². The Morgan fingerprint density at radius 2 is 1.57 bits per heavy atom. The molecular formula is C29H35N3O5. The summed E-state index contributed by atoms with van der Waals surface area (Å²) in [5.74, 6) is -0.952. The predicted molar refractivity (Wildman–Crippen MR) is 144 cm³/mol. The Hall–Kier alpha value is -4.07. The molecule has 196 valence electrons. The first-order valence-electron chi connectivity index (χ1n) is 12.3. The number of ether oxygens (including phenoxy) is 1. The number of benzene rings is 3. The molecule has 2 unspecified atom stereocenters. The maximum atomic E-state index is 13.7. The number of aromatic hydroxyl groups is 1. The molecule has 2 atom stereocenters. The van der Waals surface area contributed by atoms with Crippen molar-refractivity contribution in [1.29, 1.82) is 0 Å². The van der Waals surface area contributed by atoms with Gasteiger partial charge in [0, 0.05) is 11.7 Å². The lowest BCUT2D eigenvalue weighted by Gasteiger charge is -2.36. The fourth-order valence-corrected chi connectivity index (χ4v) is 4.06. The minimum Gasteiger partial charge on any atom is -0.508 e. The van der Waals surface area contributed by atoms with Crippen LogP contribution in [0.25, 0.3) is 10.8 Å². The standard InChI is InChI=1S/C29H35N3O5/c1-18(2)32(27(35)19(3)30-28(36)37-29(4,5)6)25(22-12-9-13-24(33)17-22)26(34)31-23-15-14-20-10-7-8-11-21(20)16-23/h7-19,25,33H,1-6H3,(H,30,36)(H,31,34). The first-order valence-corrected chi connectivity index (χ1v) is 12.3. The third kappa shape index (κ3) is 7.22. The topological polar surface area (TPSA) is 108 Å². The second-order valence-electron chi connectivity index (χ2n) is 10.3. The van der Waals surface area contributed by atoms with Crippen molar-refractivity contribution in [2.45, 2.75) is 65.3 Å². The molecule has 0 saturated carbocycles. The molecule has 3 aromatic rings. The number of alkyl carbamates (subject to hydrolysis) is 1. The van der Waals surface area contributed by atoms with E-state index in [1.165, 1.54) is 17.0 Å². The molecular weight excluding hydrogens is 470 g/mol. The molecule has 0 radical (unpaired) electrons. The summed E-state index contributed by atoms with van der Waals surface area (Å²) in [7, 11) is 0. The number of hydrogen-bond donors (Lipinski definition) is 3. The van der Waals surface area contributed by atoms with Gasteiger partial charge in [0.05, 0.1) is 0 Å². The van der Waals surface area contributed by atoms with E-state index >= 15 is 0 Å². The van der Waals surface area contributed by atoms with Gasteiger partial charge in [0.15, 0.2) is 0 Å². The van der Waals surface area contributed by atoms with Gasteiger partial charge >= 0.3 is 6.09 Å². The third-order valence-electron chi connectivity index (χ3n) is 5.64. The van der Waals surface area contributed by atoms with Crippen molar-refractivity contribution in [2.24, 2.45) is 0 Å². The van der Waals surface area contributed by atoms with Crippen molar-refractivity contribution in [2.75, 3.05) is 5.32 Å².